The van der Waals surface area contributed by atoms with Gasteiger partial charge in [0, 0.05) is 23.3 Å². The Morgan fingerprint density at radius 2 is 1.77 bits per heavy atom. The number of hydrogen-bond acceptors (Lipinski definition) is 3. The number of carbonyl (C=O) groups excluding carboxylic acids is 1. The molecule has 0 saturated heterocycles. The summed E-state index contributed by atoms with van der Waals surface area (Å²) in [6.45, 7) is 0.709. The fourth-order valence-electron chi connectivity index (χ4n) is 2.30. The summed E-state index contributed by atoms with van der Waals surface area (Å²) in [5, 5.41) is 6.13. The Kier molecular flexibility index (Phi) is 6.06. The van der Waals surface area contributed by atoms with Crippen LogP contribution in [0.15, 0.2) is 72.9 Å². The van der Waals surface area contributed by atoms with E-state index in [0.29, 0.717) is 23.1 Å². The average molecular weight is 368 g/mol. The van der Waals surface area contributed by atoms with E-state index in [0.717, 1.165) is 11.1 Å². The van der Waals surface area contributed by atoms with E-state index in [-0.39, 0.29) is 12.6 Å². The van der Waals surface area contributed by atoms with E-state index in [9.17, 15) is 4.79 Å². The van der Waals surface area contributed by atoms with E-state index in [2.05, 4.69) is 15.6 Å². The van der Waals surface area contributed by atoms with Gasteiger partial charge in [0.25, 0.3) is 0 Å². The zero-order chi connectivity index (χ0) is 18.2. The Morgan fingerprint density at radius 1 is 1.00 bits per heavy atom. The summed E-state index contributed by atoms with van der Waals surface area (Å²) in [5.74, 6) is 0.826. The molecule has 6 heteroatoms. The van der Waals surface area contributed by atoms with Gasteiger partial charge in [0.2, 0.25) is 0 Å². The Morgan fingerprint density at radius 3 is 2.58 bits per heavy atom. The molecule has 2 N–H and O–H groups in total. The molecule has 5 nitrogen and oxygen atoms in total. The van der Waals surface area contributed by atoms with Crippen molar-refractivity contribution in [3.8, 4) is 5.75 Å². The topological polar surface area (TPSA) is 63.2 Å². The number of rotatable bonds is 6. The number of anilines is 1. The number of hydrogen-bond donors (Lipinski definition) is 2. The van der Waals surface area contributed by atoms with Gasteiger partial charge in [-0.25, -0.2) is 9.78 Å². The highest BCUT2D eigenvalue weighted by Gasteiger charge is 2.10. The van der Waals surface area contributed by atoms with Crippen LogP contribution in [-0.4, -0.2) is 11.0 Å². The molecule has 26 heavy (non-hydrogen) atoms. The minimum atomic E-state index is -0.352. The molecular weight excluding hydrogens is 350 g/mol. The Hall–Kier alpha value is -3.05. The van der Waals surface area contributed by atoms with Crippen molar-refractivity contribution >= 4 is 23.4 Å². The summed E-state index contributed by atoms with van der Waals surface area (Å²) in [6.07, 6.45) is 1.59. The second kappa shape index (κ2) is 8.87. The SMILES string of the molecule is O=C(NCc1ccccc1)Nc1ncccc1OCc1ccccc1Cl. The normalized spacial score (nSPS) is 10.2. The average Bonchev–Trinajstić information content (AvgIpc) is 2.68. The number of benzene rings is 2. The number of urea groups is 1. The van der Waals surface area contributed by atoms with Crippen molar-refractivity contribution < 1.29 is 9.53 Å². The van der Waals surface area contributed by atoms with Crippen molar-refractivity contribution in [2.24, 2.45) is 0 Å². The molecule has 0 unspecified atom stereocenters. The van der Waals surface area contributed by atoms with Crippen LogP contribution in [-0.2, 0) is 13.2 Å². The molecule has 0 spiro atoms. The number of aromatic nitrogens is 1. The van der Waals surface area contributed by atoms with Crippen molar-refractivity contribution in [3.05, 3.63) is 89.1 Å². The van der Waals surface area contributed by atoms with Crippen LogP contribution < -0.4 is 15.4 Å². The first kappa shape index (κ1) is 17.8. The summed E-state index contributed by atoms with van der Waals surface area (Å²) < 4.78 is 5.78. The zero-order valence-electron chi connectivity index (χ0n) is 14.0. The lowest BCUT2D eigenvalue weighted by molar-refractivity contribution is 0.251. The van der Waals surface area contributed by atoms with E-state index < -0.39 is 0 Å². The number of ether oxygens (including phenoxy) is 1. The molecule has 0 atom stereocenters. The number of nitrogens with zero attached hydrogens (tertiary/aromatic N) is 1. The van der Waals surface area contributed by atoms with Crippen LogP contribution in [0, 0.1) is 0 Å². The predicted octanol–water partition coefficient (Wildman–Crippen LogP) is 4.64. The maximum absolute atomic E-state index is 12.1. The fourth-order valence-corrected chi connectivity index (χ4v) is 2.49. The van der Waals surface area contributed by atoms with E-state index >= 15 is 0 Å². The maximum Gasteiger partial charge on any atom is 0.320 e. The van der Waals surface area contributed by atoms with Gasteiger partial charge in [-0.2, -0.15) is 0 Å². The van der Waals surface area contributed by atoms with E-state index in [4.69, 9.17) is 16.3 Å². The quantitative estimate of drug-likeness (QED) is 0.667. The molecule has 0 fully saturated rings. The number of carbonyl (C=O) groups is 1. The van der Waals surface area contributed by atoms with Crippen molar-refractivity contribution in [3.63, 3.8) is 0 Å². The number of nitrogens with one attached hydrogen (secondary N) is 2. The molecule has 0 aliphatic rings. The Labute approximate surface area is 157 Å². The first-order valence-electron chi connectivity index (χ1n) is 8.12. The molecule has 2 aromatic carbocycles. The molecular formula is C20H18ClN3O2. The highest BCUT2D eigenvalue weighted by atomic mass is 35.5. The van der Waals surface area contributed by atoms with Crippen molar-refractivity contribution in [2.75, 3.05) is 5.32 Å². The fraction of sp³-hybridized carbons (Fsp3) is 0.100. The molecule has 3 rings (SSSR count). The van der Waals surface area contributed by atoms with Gasteiger partial charge < -0.3 is 10.1 Å². The van der Waals surface area contributed by atoms with Gasteiger partial charge in [0.1, 0.15) is 6.61 Å². The van der Waals surface area contributed by atoms with Crippen LogP contribution in [0.2, 0.25) is 5.02 Å². The van der Waals surface area contributed by atoms with Gasteiger partial charge >= 0.3 is 6.03 Å². The highest BCUT2D eigenvalue weighted by molar-refractivity contribution is 6.31. The van der Waals surface area contributed by atoms with Gasteiger partial charge in [0.15, 0.2) is 11.6 Å². The van der Waals surface area contributed by atoms with E-state index in [1.165, 1.54) is 0 Å². The molecule has 0 saturated carbocycles. The largest absolute Gasteiger partial charge is 0.485 e. The molecule has 132 valence electrons. The molecule has 0 bridgehead atoms. The summed E-state index contributed by atoms with van der Waals surface area (Å²) in [4.78, 5) is 16.3. The molecule has 0 aliphatic heterocycles. The second-order valence-electron chi connectivity index (χ2n) is 5.52. The molecule has 0 aliphatic carbocycles. The lowest BCUT2D eigenvalue weighted by Gasteiger charge is -2.12. The first-order chi connectivity index (χ1) is 12.7. The highest BCUT2D eigenvalue weighted by Crippen LogP contribution is 2.23. The lowest BCUT2D eigenvalue weighted by Crippen LogP contribution is -2.28. The summed E-state index contributed by atoms with van der Waals surface area (Å²) in [5.41, 5.74) is 1.87. The van der Waals surface area contributed by atoms with E-state index in [1.807, 2.05) is 48.5 Å². The molecule has 1 aromatic heterocycles. The number of halogens is 1. The van der Waals surface area contributed by atoms with E-state index in [1.54, 1.807) is 24.4 Å². The Bertz CT molecular complexity index is 872. The molecule has 0 radical (unpaired) electrons. The third kappa shape index (κ3) is 4.97. The van der Waals surface area contributed by atoms with Crippen molar-refractivity contribution in [1.82, 2.24) is 10.3 Å². The van der Waals surface area contributed by atoms with Crippen LogP contribution >= 0.6 is 11.6 Å². The number of pyridine rings is 1. The second-order valence-corrected chi connectivity index (χ2v) is 5.93. The Balaban J connectivity index is 1.60. The summed E-state index contributed by atoms with van der Waals surface area (Å²) >= 11 is 6.14. The molecule has 3 aromatic rings. The van der Waals surface area contributed by atoms with Crippen molar-refractivity contribution in [1.29, 1.82) is 0 Å². The van der Waals surface area contributed by atoms with Gasteiger partial charge in [0.05, 0.1) is 0 Å². The number of amides is 2. The lowest BCUT2D eigenvalue weighted by atomic mass is 10.2. The van der Waals surface area contributed by atoms with Gasteiger partial charge in [-0.1, -0.05) is 60.1 Å². The van der Waals surface area contributed by atoms with Gasteiger partial charge in [-0.05, 0) is 23.8 Å². The van der Waals surface area contributed by atoms with Crippen LogP contribution in [0.4, 0.5) is 10.6 Å². The smallest absolute Gasteiger partial charge is 0.320 e. The third-order valence-electron chi connectivity index (χ3n) is 3.64. The molecule has 2 amide bonds. The zero-order valence-corrected chi connectivity index (χ0v) is 14.7. The van der Waals surface area contributed by atoms with Gasteiger partial charge in [-0.15, -0.1) is 0 Å². The minimum absolute atomic E-state index is 0.283. The van der Waals surface area contributed by atoms with Crippen LogP contribution in [0.25, 0.3) is 0 Å². The minimum Gasteiger partial charge on any atom is -0.485 e. The summed E-state index contributed by atoms with van der Waals surface area (Å²) in [6, 6.07) is 20.3. The maximum atomic E-state index is 12.1. The standard InChI is InChI=1S/C20H18ClN3O2/c21-17-10-5-4-9-16(17)14-26-18-11-6-12-22-19(18)24-20(25)23-13-15-7-2-1-3-8-15/h1-12H,13-14H2,(H2,22,23,24,25). The summed E-state index contributed by atoms with van der Waals surface area (Å²) in [7, 11) is 0. The monoisotopic (exact) mass is 367 g/mol. The van der Waals surface area contributed by atoms with Crippen LogP contribution in [0.5, 0.6) is 5.75 Å². The first-order valence-corrected chi connectivity index (χ1v) is 8.50. The van der Waals surface area contributed by atoms with Crippen molar-refractivity contribution in [2.45, 2.75) is 13.2 Å². The van der Waals surface area contributed by atoms with Crippen LogP contribution in [0.3, 0.4) is 0 Å². The predicted molar refractivity (Wildman–Crippen MR) is 102 cm³/mol. The molecule has 1 heterocycles. The van der Waals surface area contributed by atoms with Gasteiger partial charge in [-0.3, -0.25) is 5.32 Å². The van der Waals surface area contributed by atoms with Crippen LogP contribution in [0.1, 0.15) is 11.1 Å². The third-order valence-corrected chi connectivity index (χ3v) is 4.01.